The molecule has 1 rings (SSSR count). The van der Waals surface area contributed by atoms with Crippen molar-refractivity contribution in [2.75, 3.05) is 13.1 Å². The fourth-order valence-corrected chi connectivity index (χ4v) is 1.54. The third-order valence-electron chi connectivity index (χ3n) is 2.29. The number of nitriles is 1. The Balaban J connectivity index is 2.57. The molecule has 1 fully saturated rings. The highest BCUT2D eigenvalue weighted by Gasteiger charge is 2.36. The monoisotopic (exact) mass is 225 g/mol. The summed E-state index contributed by atoms with van der Waals surface area (Å²) >= 11 is 0. The number of hydrogen-bond donors (Lipinski definition) is 2. The third kappa shape index (κ3) is 2.70. The van der Waals surface area contributed by atoms with Crippen LogP contribution in [0.25, 0.3) is 0 Å². The Morgan fingerprint density at radius 2 is 2.31 bits per heavy atom. The van der Waals surface area contributed by atoms with Gasteiger partial charge in [0.15, 0.2) is 0 Å². The molecular formula is C9H11N3O4. The maximum absolute atomic E-state index is 11.3. The van der Waals surface area contributed by atoms with Gasteiger partial charge in [0.2, 0.25) is 11.8 Å². The highest BCUT2D eigenvalue weighted by molar-refractivity contribution is 5.91. The van der Waals surface area contributed by atoms with Crippen molar-refractivity contribution in [2.45, 2.75) is 18.9 Å². The number of likely N-dealkylation sites (tertiary alicyclic amines) is 1. The lowest BCUT2D eigenvalue weighted by Crippen LogP contribution is -2.45. The number of nitrogens with zero attached hydrogens (tertiary/aromatic N) is 2. The number of aliphatic carboxylic acids is 1. The van der Waals surface area contributed by atoms with Gasteiger partial charge in [0.25, 0.3) is 0 Å². The van der Waals surface area contributed by atoms with Crippen LogP contribution in [0.2, 0.25) is 0 Å². The minimum atomic E-state index is -1.11. The van der Waals surface area contributed by atoms with Crippen molar-refractivity contribution in [3.8, 4) is 6.07 Å². The van der Waals surface area contributed by atoms with Crippen LogP contribution in [0.15, 0.2) is 0 Å². The average Bonchev–Trinajstić information content (AvgIpc) is 2.58. The minimum absolute atomic E-state index is 0.141. The van der Waals surface area contributed by atoms with E-state index in [2.05, 4.69) is 5.32 Å². The van der Waals surface area contributed by atoms with Crippen LogP contribution >= 0.6 is 0 Å². The first kappa shape index (κ1) is 12.0. The SMILES string of the molecule is N#CCNC(=O)CN1C(=O)CCC1C(=O)O. The molecule has 1 aliphatic heterocycles. The number of nitrogens with one attached hydrogen (secondary N) is 1. The average molecular weight is 225 g/mol. The van der Waals surface area contributed by atoms with Gasteiger partial charge in [-0.1, -0.05) is 0 Å². The molecule has 0 radical (unpaired) electrons. The van der Waals surface area contributed by atoms with Crippen molar-refractivity contribution in [2.24, 2.45) is 0 Å². The lowest BCUT2D eigenvalue weighted by molar-refractivity contribution is -0.147. The van der Waals surface area contributed by atoms with Crippen LogP contribution in [0, 0.1) is 11.3 Å². The minimum Gasteiger partial charge on any atom is -0.480 e. The van der Waals surface area contributed by atoms with Crippen molar-refractivity contribution in [3.63, 3.8) is 0 Å². The van der Waals surface area contributed by atoms with E-state index in [0.29, 0.717) is 0 Å². The summed E-state index contributed by atoms with van der Waals surface area (Å²) in [5, 5.41) is 19.3. The fraction of sp³-hybridized carbons (Fsp3) is 0.556. The lowest BCUT2D eigenvalue weighted by atomic mass is 10.2. The van der Waals surface area contributed by atoms with Gasteiger partial charge >= 0.3 is 5.97 Å². The highest BCUT2D eigenvalue weighted by Crippen LogP contribution is 2.18. The van der Waals surface area contributed by atoms with Crippen LogP contribution in [0.3, 0.4) is 0 Å². The Morgan fingerprint density at radius 1 is 1.62 bits per heavy atom. The van der Waals surface area contributed by atoms with E-state index in [1.165, 1.54) is 0 Å². The Hall–Kier alpha value is -2.10. The molecule has 0 bridgehead atoms. The largest absolute Gasteiger partial charge is 0.480 e. The van der Waals surface area contributed by atoms with Gasteiger partial charge in [-0.2, -0.15) is 5.26 Å². The van der Waals surface area contributed by atoms with Crippen LogP contribution in [-0.2, 0) is 14.4 Å². The molecule has 2 amide bonds. The normalized spacial score (nSPS) is 19.3. The third-order valence-corrected chi connectivity index (χ3v) is 2.29. The molecule has 1 unspecified atom stereocenters. The quantitative estimate of drug-likeness (QED) is 0.578. The number of amides is 2. The van der Waals surface area contributed by atoms with E-state index in [1.54, 1.807) is 6.07 Å². The van der Waals surface area contributed by atoms with Crippen LogP contribution in [0.4, 0.5) is 0 Å². The molecule has 7 heteroatoms. The van der Waals surface area contributed by atoms with E-state index in [4.69, 9.17) is 10.4 Å². The van der Waals surface area contributed by atoms with Crippen molar-refractivity contribution in [1.29, 1.82) is 5.26 Å². The molecule has 1 heterocycles. The second-order valence-electron chi connectivity index (χ2n) is 3.35. The zero-order valence-corrected chi connectivity index (χ0v) is 8.47. The molecule has 1 saturated heterocycles. The topological polar surface area (TPSA) is 111 Å². The van der Waals surface area contributed by atoms with Crippen LogP contribution in [0.1, 0.15) is 12.8 Å². The molecular weight excluding hydrogens is 214 g/mol. The summed E-state index contributed by atoms with van der Waals surface area (Å²) in [6, 6.07) is 0.787. The molecule has 0 spiro atoms. The maximum Gasteiger partial charge on any atom is 0.326 e. The second kappa shape index (κ2) is 5.11. The van der Waals surface area contributed by atoms with Gasteiger partial charge in [-0.3, -0.25) is 9.59 Å². The van der Waals surface area contributed by atoms with Gasteiger partial charge in [0.05, 0.1) is 6.07 Å². The second-order valence-corrected chi connectivity index (χ2v) is 3.35. The van der Waals surface area contributed by atoms with E-state index < -0.39 is 17.9 Å². The van der Waals surface area contributed by atoms with E-state index in [9.17, 15) is 14.4 Å². The molecule has 0 aromatic heterocycles. The molecule has 1 atom stereocenters. The number of carboxylic acid groups (broad SMARTS) is 1. The highest BCUT2D eigenvalue weighted by atomic mass is 16.4. The Morgan fingerprint density at radius 3 is 2.88 bits per heavy atom. The van der Waals surface area contributed by atoms with Crippen LogP contribution in [-0.4, -0.2) is 46.9 Å². The van der Waals surface area contributed by atoms with Gasteiger partial charge in [0.1, 0.15) is 19.1 Å². The van der Waals surface area contributed by atoms with Gasteiger partial charge in [-0.15, -0.1) is 0 Å². The number of carboxylic acids is 1. The summed E-state index contributed by atoms with van der Waals surface area (Å²) in [4.78, 5) is 34.3. The van der Waals surface area contributed by atoms with Crippen molar-refractivity contribution >= 4 is 17.8 Å². The lowest BCUT2D eigenvalue weighted by Gasteiger charge is -2.20. The Kier molecular flexibility index (Phi) is 3.83. The van der Waals surface area contributed by atoms with Gasteiger partial charge in [-0.25, -0.2) is 4.79 Å². The maximum atomic E-state index is 11.3. The molecule has 0 saturated carbocycles. The van der Waals surface area contributed by atoms with Crippen molar-refractivity contribution in [1.82, 2.24) is 10.2 Å². The number of rotatable bonds is 4. The van der Waals surface area contributed by atoms with Crippen molar-refractivity contribution in [3.05, 3.63) is 0 Å². The van der Waals surface area contributed by atoms with Crippen molar-refractivity contribution < 1.29 is 19.5 Å². The number of carbonyl (C=O) groups is 3. The van der Waals surface area contributed by atoms with Gasteiger partial charge < -0.3 is 15.3 Å². The fourth-order valence-electron chi connectivity index (χ4n) is 1.54. The number of carbonyl (C=O) groups excluding carboxylic acids is 2. The molecule has 2 N–H and O–H groups in total. The molecule has 0 aromatic rings. The first-order valence-corrected chi connectivity index (χ1v) is 4.72. The van der Waals surface area contributed by atoms with E-state index in [1.807, 2.05) is 0 Å². The van der Waals surface area contributed by atoms with Crippen LogP contribution < -0.4 is 5.32 Å². The molecule has 7 nitrogen and oxygen atoms in total. The molecule has 16 heavy (non-hydrogen) atoms. The zero-order valence-electron chi connectivity index (χ0n) is 8.47. The van der Waals surface area contributed by atoms with Gasteiger partial charge in [-0.05, 0) is 6.42 Å². The smallest absolute Gasteiger partial charge is 0.326 e. The summed E-state index contributed by atoms with van der Waals surface area (Å²) in [7, 11) is 0. The summed E-state index contributed by atoms with van der Waals surface area (Å²) in [5.41, 5.74) is 0. The molecule has 0 aromatic carbocycles. The first-order chi connectivity index (χ1) is 7.56. The predicted molar refractivity (Wildman–Crippen MR) is 51.0 cm³/mol. The van der Waals surface area contributed by atoms with E-state index in [-0.39, 0.29) is 31.8 Å². The summed E-state index contributed by atoms with van der Waals surface area (Å²) < 4.78 is 0. The molecule has 1 aliphatic rings. The Bertz CT molecular complexity index is 360. The summed E-state index contributed by atoms with van der Waals surface area (Å²) in [6.45, 7) is -0.462. The Labute approximate surface area is 91.6 Å². The standard InChI is InChI=1S/C9H11N3O4/c10-3-4-11-7(13)5-12-6(9(15)16)1-2-8(12)14/h6H,1-2,4-5H2,(H,11,13)(H,15,16). The zero-order chi connectivity index (χ0) is 12.1. The first-order valence-electron chi connectivity index (χ1n) is 4.72. The predicted octanol–water partition coefficient (Wildman–Crippen LogP) is -1.30. The van der Waals surface area contributed by atoms with Crippen LogP contribution in [0.5, 0.6) is 0 Å². The van der Waals surface area contributed by atoms with E-state index >= 15 is 0 Å². The van der Waals surface area contributed by atoms with E-state index in [0.717, 1.165) is 4.90 Å². The molecule has 86 valence electrons. The van der Waals surface area contributed by atoms with Gasteiger partial charge in [0, 0.05) is 6.42 Å². The summed E-state index contributed by atoms with van der Waals surface area (Å²) in [5.74, 6) is -1.98. The summed E-state index contributed by atoms with van der Waals surface area (Å²) in [6.07, 6.45) is 0.363. The molecule has 0 aliphatic carbocycles. The number of hydrogen-bond acceptors (Lipinski definition) is 4.